The Morgan fingerprint density at radius 3 is 2.46 bits per heavy atom. The van der Waals surface area contributed by atoms with E-state index in [9.17, 15) is 18.0 Å². The Balaban J connectivity index is 1.66. The first-order valence-corrected chi connectivity index (χ1v) is 11.0. The van der Waals surface area contributed by atoms with Crippen LogP contribution >= 0.6 is 22.9 Å². The van der Waals surface area contributed by atoms with Crippen LogP contribution in [0, 0.1) is 0 Å². The molecule has 0 saturated carbocycles. The molecular formula is C18H18ClN3O4S2. The summed E-state index contributed by atoms with van der Waals surface area (Å²) in [4.78, 5) is 25.8. The number of rotatable bonds is 5. The molecule has 3 rings (SSSR count). The van der Waals surface area contributed by atoms with E-state index >= 15 is 0 Å². The number of piperazine rings is 1. The van der Waals surface area contributed by atoms with Crippen LogP contribution in [0.4, 0.5) is 5.69 Å². The summed E-state index contributed by atoms with van der Waals surface area (Å²) in [6.07, 6.45) is 1.15. The molecule has 1 fully saturated rings. The fourth-order valence-electron chi connectivity index (χ4n) is 2.80. The number of hydrogen-bond acceptors (Lipinski definition) is 5. The number of nitrogens with zero attached hydrogens (tertiary/aromatic N) is 2. The normalized spacial score (nSPS) is 15.2. The lowest BCUT2D eigenvalue weighted by molar-refractivity contribution is -0.111. The number of hydrogen-bond donors (Lipinski definition) is 1. The van der Waals surface area contributed by atoms with Gasteiger partial charge in [-0.3, -0.25) is 9.59 Å². The van der Waals surface area contributed by atoms with Crippen molar-refractivity contribution in [1.82, 2.24) is 9.21 Å². The minimum absolute atomic E-state index is 0.197. The van der Waals surface area contributed by atoms with Gasteiger partial charge in [-0.05, 0) is 36.4 Å². The Bertz CT molecular complexity index is 1010. The summed E-state index contributed by atoms with van der Waals surface area (Å²) >= 11 is 6.86. The van der Waals surface area contributed by atoms with Gasteiger partial charge in [-0.25, -0.2) is 8.42 Å². The summed E-state index contributed by atoms with van der Waals surface area (Å²) in [5.41, 5.74) is 0.912. The van der Waals surface area contributed by atoms with E-state index in [4.69, 9.17) is 11.6 Å². The number of carbonyl (C=O) groups is 2. The summed E-state index contributed by atoms with van der Waals surface area (Å²) in [6.45, 7) is 4.36. The Kier molecular flexibility index (Phi) is 6.19. The van der Waals surface area contributed by atoms with Crippen molar-refractivity contribution in [2.24, 2.45) is 0 Å². The van der Waals surface area contributed by atoms with Gasteiger partial charge in [0, 0.05) is 37.4 Å². The number of anilines is 1. The molecule has 0 spiro atoms. The lowest BCUT2D eigenvalue weighted by Crippen LogP contribution is -2.50. The highest BCUT2D eigenvalue weighted by molar-refractivity contribution is 7.91. The fourth-order valence-corrected chi connectivity index (χ4v) is 5.86. The molecule has 1 aliphatic rings. The van der Waals surface area contributed by atoms with Crippen molar-refractivity contribution in [3.63, 3.8) is 0 Å². The van der Waals surface area contributed by atoms with E-state index in [1.165, 1.54) is 10.4 Å². The molecule has 0 unspecified atom stereocenters. The van der Waals surface area contributed by atoms with Gasteiger partial charge in [0.15, 0.2) is 0 Å². The standard InChI is InChI=1S/C18H18ClN3O4S2/c1-2-16(23)20-14-5-3-4-13(12-14)18(24)21-8-10-22(11-9-21)28(25,26)17-7-6-15(19)27-17/h2-7,12H,1,8-11H2,(H,20,23). The highest BCUT2D eigenvalue weighted by Gasteiger charge is 2.31. The zero-order chi connectivity index (χ0) is 20.3. The molecule has 0 bridgehead atoms. The smallest absolute Gasteiger partial charge is 0.254 e. The van der Waals surface area contributed by atoms with E-state index in [-0.39, 0.29) is 42.2 Å². The quantitative estimate of drug-likeness (QED) is 0.725. The molecular weight excluding hydrogens is 422 g/mol. The molecule has 0 atom stereocenters. The Hall–Kier alpha value is -2.20. The van der Waals surface area contributed by atoms with E-state index in [2.05, 4.69) is 11.9 Å². The number of sulfonamides is 1. The van der Waals surface area contributed by atoms with Gasteiger partial charge in [-0.15, -0.1) is 11.3 Å². The molecule has 28 heavy (non-hydrogen) atoms. The fraction of sp³-hybridized carbons (Fsp3) is 0.222. The summed E-state index contributed by atoms with van der Waals surface area (Å²) < 4.78 is 27.3. The van der Waals surface area contributed by atoms with Gasteiger partial charge in [0.1, 0.15) is 4.21 Å². The first-order chi connectivity index (χ1) is 13.3. The summed E-state index contributed by atoms with van der Waals surface area (Å²) in [6, 6.07) is 9.63. The predicted molar refractivity (Wildman–Crippen MR) is 109 cm³/mol. The first kappa shape index (κ1) is 20.5. The Morgan fingerprint density at radius 2 is 1.86 bits per heavy atom. The Morgan fingerprint density at radius 1 is 1.14 bits per heavy atom. The predicted octanol–water partition coefficient (Wildman–Crippen LogP) is 2.67. The number of carbonyl (C=O) groups excluding carboxylic acids is 2. The SMILES string of the molecule is C=CC(=O)Nc1cccc(C(=O)N2CCN(S(=O)(=O)c3ccc(Cl)s3)CC2)c1. The van der Waals surface area contributed by atoms with Crippen molar-refractivity contribution in [2.75, 3.05) is 31.5 Å². The van der Waals surface area contributed by atoms with Crippen LogP contribution in [0.15, 0.2) is 53.3 Å². The minimum atomic E-state index is -3.61. The first-order valence-electron chi connectivity index (χ1n) is 8.39. The van der Waals surface area contributed by atoms with Crippen molar-refractivity contribution in [1.29, 1.82) is 0 Å². The van der Waals surface area contributed by atoms with E-state index in [1.54, 1.807) is 35.2 Å². The summed E-state index contributed by atoms with van der Waals surface area (Å²) in [5.74, 6) is -0.581. The van der Waals surface area contributed by atoms with Crippen LogP contribution in [0.1, 0.15) is 10.4 Å². The van der Waals surface area contributed by atoms with Crippen LogP contribution in [-0.2, 0) is 14.8 Å². The van der Waals surface area contributed by atoms with E-state index in [1.807, 2.05) is 0 Å². The van der Waals surface area contributed by atoms with Crippen LogP contribution < -0.4 is 5.32 Å². The molecule has 0 radical (unpaired) electrons. The maximum atomic E-state index is 12.7. The highest BCUT2D eigenvalue weighted by atomic mass is 35.5. The van der Waals surface area contributed by atoms with Crippen molar-refractivity contribution < 1.29 is 18.0 Å². The topological polar surface area (TPSA) is 86.8 Å². The Labute approximate surface area is 172 Å². The summed E-state index contributed by atoms with van der Waals surface area (Å²) in [7, 11) is -3.61. The molecule has 1 saturated heterocycles. The average molecular weight is 440 g/mol. The van der Waals surface area contributed by atoms with Crippen molar-refractivity contribution in [2.45, 2.75) is 4.21 Å². The molecule has 1 aromatic heterocycles. The van der Waals surface area contributed by atoms with Gasteiger partial charge in [0.2, 0.25) is 5.91 Å². The van der Waals surface area contributed by atoms with Gasteiger partial charge in [-0.2, -0.15) is 4.31 Å². The molecule has 1 aliphatic heterocycles. The maximum absolute atomic E-state index is 12.7. The number of nitrogens with one attached hydrogen (secondary N) is 1. The zero-order valence-corrected chi connectivity index (χ0v) is 17.2. The second-order valence-electron chi connectivity index (χ2n) is 6.03. The average Bonchev–Trinajstić information content (AvgIpc) is 3.15. The van der Waals surface area contributed by atoms with Crippen LogP contribution in [-0.4, -0.2) is 55.6 Å². The third kappa shape index (κ3) is 4.44. The number of halogens is 1. The van der Waals surface area contributed by atoms with Gasteiger partial charge in [0.25, 0.3) is 15.9 Å². The molecule has 1 aromatic carbocycles. The summed E-state index contributed by atoms with van der Waals surface area (Å²) in [5, 5.41) is 2.61. The van der Waals surface area contributed by atoms with Gasteiger partial charge >= 0.3 is 0 Å². The molecule has 1 N–H and O–H groups in total. The van der Waals surface area contributed by atoms with Gasteiger partial charge in [0.05, 0.1) is 4.34 Å². The third-order valence-corrected chi connectivity index (χ3v) is 7.83. The van der Waals surface area contributed by atoms with Crippen molar-refractivity contribution >= 4 is 50.5 Å². The molecule has 7 nitrogen and oxygen atoms in total. The number of thiophene rings is 1. The molecule has 2 amide bonds. The molecule has 10 heteroatoms. The van der Waals surface area contributed by atoms with E-state index < -0.39 is 10.0 Å². The highest BCUT2D eigenvalue weighted by Crippen LogP contribution is 2.28. The second-order valence-corrected chi connectivity index (χ2v) is 9.91. The zero-order valence-electron chi connectivity index (χ0n) is 14.8. The van der Waals surface area contributed by atoms with Crippen LogP contribution in [0.2, 0.25) is 4.34 Å². The van der Waals surface area contributed by atoms with Crippen molar-refractivity contribution in [3.05, 3.63) is 59.0 Å². The minimum Gasteiger partial charge on any atom is -0.336 e. The third-order valence-electron chi connectivity index (χ3n) is 4.23. The van der Waals surface area contributed by atoms with Crippen LogP contribution in [0.3, 0.4) is 0 Å². The maximum Gasteiger partial charge on any atom is 0.254 e. The molecule has 2 heterocycles. The van der Waals surface area contributed by atoms with Gasteiger partial charge < -0.3 is 10.2 Å². The molecule has 148 valence electrons. The number of amides is 2. The van der Waals surface area contributed by atoms with Crippen LogP contribution in [0.25, 0.3) is 0 Å². The van der Waals surface area contributed by atoms with Gasteiger partial charge in [-0.1, -0.05) is 24.2 Å². The molecule has 2 aromatic rings. The van der Waals surface area contributed by atoms with Crippen molar-refractivity contribution in [3.8, 4) is 0 Å². The monoisotopic (exact) mass is 439 g/mol. The van der Waals surface area contributed by atoms with E-state index in [0.29, 0.717) is 15.6 Å². The van der Waals surface area contributed by atoms with E-state index in [0.717, 1.165) is 17.4 Å². The number of benzene rings is 1. The van der Waals surface area contributed by atoms with Crippen LogP contribution in [0.5, 0.6) is 0 Å². The molecule has 0 aliphatic carbocycles. The lowest BCUT2D eigenvalue weighted by Gasteiger charge is -2.33. The largest absolute Gasteiger partial charge is 0.336 e. The second kappa shape index (κ2) is 8.44. The lowest BCUT2D eigenvalue weighted by atomic mass is 10.1.